The van der Waals surface area contributed by atoms with Crippen LogP contribution >= 0.6 is 11.8 Å². The number of ether oxygens (including phenoxy) is 2. The minimum atomic E-state index is -0.543. The first kappa shape index (κ1) is 20.5. The summed E-state index contributed by atoms with van der Waals surface area (Å²) < 4.78 is 10.8. The van der Waals surface area contributed by atoms with E-state index in [0.717, 1.165) is 30.6 Å². The summed E-state index contributed by atoms with van der Waals surface area (Å²) in [6, 6.07) is 7.03. The SMILES string of the molecule is CCCCCOc1ccc([C@H]2C(C(=O)OC)=C(C)N=C3S[C@H](C)C(=O)N32)cc1. The van der Waals surface area contributed by atoms with Crippen LogP contribution in [0.3, 0.4) is 0 Å². The maximum Gasteiger partial charge on any atom is 0.338 e. The number of fused-ring (bicyclic) bond motifs is 1. The third kappa shape index (κ3) is 3.94. The molecule has 3 rings (SSSR count). The van der Waals surface area contributed by atoms with E-state index in [1.54, 1.807) is 11.8 Å². The molecular weight excluding hydrogens is 376 g/mol. The highest BCUT2D eigenvalue weighted by Gasteiger charge is 2.46. The fourth-order valence-corrected chi connectivity index (χ4v) is 4.41. The molecule has 0 N–H and O–H groups in total. The molecule has 6 nitrogen and oxygen atoms in total. The fourth-order valence-electron chi connectivity index (χ4n) is 3.38. The van der Waals surface area contributed by atoms with Gasteiger partial charge in [0.25, 0.3) is 0 Å². The molecule has 7 heteroatoms. The summed E-state index contributed by atoms with van der Waals surface area (Å²) >= 11 is 1.42. The highest BCUT2D eigenvalue weighted by molar-refractivity contribution is 8.15. The first-order valence-corrected chi connectivity index (χ1v) is 10.5. The van der Waals surface area contributed by atoms with E-state index in [0.29, 0.717) is 23.0 Å². The minimum absolute atomic E-state index is 0.0532. The van der Waals surface area contributed by atoms with E-state index >= 15 is 0 Å². The zero-order chi connectivity index (χ0) is 20.3. The smallest absolute Gasteiger partial charge is 0.338 e. The average Bonchev–Trinajstić information content (AvgIpc) is 2.97. The second-order valence-corrected chi connectivity index (χ2v) is 8.19. The molecule has 150 valence electrons. The van der Waals surface area contributed by atoms with Crippen LogP contribution < -0.4 is 4.74 Å². The predicted octanol–water partition coefficient (Wildman–Crippen LogP) is 4.08. The molecule has 2 atom stereocenters. The lowest BCUT2D eigenvalue weighted by Crippen LogP contribution is -2.40. The van der Waals surface area contributed by atoms with E-state index in [-0.39, 0.29) is 11.2 Å². The number of aliphatic imine (C=N–C) groups is 1. The van der Waals surface area contributed by atoms with Crippen molar-refractivity contribution in [3.05, 3.63) is 41.1 Å². The zero-order valence-corrected chi connectivity index (χ0v) is 17.5. The lowest BCUT2D eigenvalue weighted by atomic mass is 9.94. The predicted molar refractivity (Wildman–Crippen MR) is 110 cm³/mol. The maximum absolute atomic E-state index is 12.8. The molecule has 1 saturated heterocycles. The van der Waals surface area contributed by atoms with E-state index in [2.05, 4.69) is 11.9 Å². The number of amides is 1. The molecule has 1 amide bonds. The molecular formula is C21H26N2O4S. The minimum Gasteiger partial charge on any atom is -0.494 e. The number of hydrogen-bond donors (Lipinski definition) is 0. The van der Waals surface area contributed by atoms with Crippen molar-refractivity contribution < 1.29 is 19.1 Å². The highest BCUT2D eigenvalue weighted by atomic mass is 32.2. The Hall–Kier alpha value is -2.28. The van der Waals surface area contributed by atoms with Gasteiger partial charge in [0.05, 0.1) is 36.3 Å². The van der Waals surface area contributed by atoms with Crippen molar-refractivity contribution in [1.82, 2.24) is 4.90 Å². The van der Waals surface area contributed by atoms with Crippen LogP contribution in [0.4, 0.5) is 0 Å². The number of rotatable bonds is 7. The maximum atomic E-state index is 12.8. The Kier molecular flexibility index (Phi) is 6.44. The normalized spacial score (nSPS) is 21.5. The Bertz CT molecular complexity index is 816. The standard InChI is InChI=1S/C21H26N2O4S/c1-5-6-7-12-27-16-10-8-15(9-11-16)18-17(20(25)26-4)13(2)22-21-23(18)19(24)14(3)28-21/h8-11,14,18H,5-7,12H2,1-4H3/t14-,18+/m1/s1. The summed E-state index contributed by atoms with van der Waals surface area (Å²) in [5, 5.41) is 0.403. The van der Waals surface area contributed by atoms with Crippen LogP contribution in [-0.4, -0.2) is 40.9 Å². The van der Waals surface area contributed by atoms with Crippen molar-refractivity contribution in [2.24, 2.45) is 4.99 Å². The van der Waals surface area contributed by atoms with Crippen LogP contribution in [0.15, 0.2) is 40.5 Å². The van der Waals surface area contributed by atoms with Crippen molar-refractivity contribution in [3.8, 4) is 5.75 Å². The van der Waals surface area contributed by atoms with E-state index < -0.39 is 12.0 Å². The third-order valence-electron chi connectivity index (χ3n) is 4.88. The van der Waals surface area contributed by atoms with Gasteiger partial charge in [-0.15, -0.1) is 0 Å². The quantitative estimate of drug-likeness (QED) is 0.508. The lowest BCUT2D eigenvalue weighted by Gasteiger charge is -2.32. The molecule has 0 spiro atoms. The van der Waals surface area contributed by atoms with Crippen LogP contribution in [0.25, 0.3) is 0 Å². The summed E-state index contributed by atoms with van der Waals surface area (Å²) in [6.45, 7) is 6.47. The van der Waals surface area contributed by atoms with Gasteiger partial charge in [0.2, 0.25) is 5.91 Å². The van der Waals surface area contributed by atoms with E-state index in [9.17, 15) is 9.59 Å². The highest BCUT2D eigenvalue weighted by Crippen LogP contribution is 2.43. The molecule has 0 aromatic heterocycles. The van der Waals surface area contributed by atoms with Gasteiger partial charge >= 0.3 is 5.97 Å². The molecule has 1 aromatic rings. The number of carbonyl (C=O) groups is 2. The first-order valence-electron chi connectivity index (χ1n) is 9.58. The number of amidine groups is 1. The molecule has 0 bridgehead atoms. The largest absolute Gasteiger partial charge is 0.494 e. The van der Waals surface area contributed by atoms with Gasteiger partial charge < -0.3 is 9.47 Å². The number of hydrogen-bond acceptors (Lipinski definition) is 6. The van der Waals surface area contributed by atoms with Crippen molar-refractivity contribution in [3.63, 3.8) is 0 Å². The summed E-state index contributed by atoms with van der Waals surface area (Å²) in [5.41, 5.74) is 1.81. The monoisotopic (exact) mass is 402 g/mol. The molecule has 0 radical (unpaired) electrons. The van der Waals surface area contributed by atoms with Crippen molar-refractivity contribution in [1.29, 1.82) is 0 Å². The number of nitrogens with zero attached hydrogens (tertiary/aromatic N) is 2. The van der Waals surface area contributed by atoms with Crippen LogP contribution in [0.5, 0.6) is 5.75 Å². The molecule has 0 aliphatic carbocycles. The number of methoxy groups -OCH3 is 1. The van der Waals surface area contributed by atoms with Gasteiger partial charge in [0.15, 0.2) is 5.17 Å². The lowest BCUT2D eigenvalue weighted by molar-refractivity contribution is -0.137. The third-order valence-corrected chi connectivity index (χ3v) is 5.93. The van der Waals surface area contributed by atoms with Gasteiger partial charge in [-0.2, -0.15) is 0 Å². The Labute approximate surface area is 170 Å². The molecule has 2 aliphatic rings. The number of thioether (sulfide) groups is 1. The van der Waals surface area contributed by atoms with Crippen molar-refractivity contribution >= 4 is 28.8 Å². The van der Waals surface area contributed by atoms with Crippen LogP contribution in [0.2, 0.25) is 0 Å². The van der Waals surface area contributed by atoms with Gasteiger partial charge in [-0.25, -0.2) is 9.79 Å². The second kappa shape index (κ2) is 8.82. The second-order valence-electron chi connectivity index (χ2n) is 6.88. The average molecular weight is 403 g/mol. The van der Waals surface area contributed by atoms with Crippen molar-refractivity contribution in [2.75, 3.05) is 13.7 Å². The van der Waals surface area contributed by atoms with Crippen LogP contribution in [0.1, 0.15) is 51.6 Å². The zero-order valence-electron chi connectivity index (χ0n) is 16.7. The molecule has 1 aromatic carbocycles. The Balaban J connectivity index is 1.91. The molecule has 28 heavy (non-hydrogen) atoms. The van der Waals surface area contributed by atoms with Gasteiger partial charge in [-0.3, -0.25) is 9.69 Å². The summed E-state index contributed by atoms with van der Waals surface area (Å²) in [6.07, 6.45) is 3.31. The Morgan fingerprint density at radius 1 is 1.25 bits per heavy atom. The number of benzene rings is 1. The first-order chi connectivity index (χ1) is 13.5. The fraction of sp³-hybridized carbons (Fsp3) is 0.476. The van der Waals surface area contributed by atoms with E-state index in [1.807, 2.05) is 31.2 Å². The van der Waals surface area contributed by atoms with Gasteiger partial charge in [-0.1, -0.05) is 43.7 Å². The van der Waals surface area contributed by atoms with Crippen LogP contribution in [-0.2, 0) is 14.3 Å². The summed E-state index contributed by atoms with van der Waals surface area (Å²) in [7, 11) is 1.34. The summed E-state index contributed by atoms with van der Waals surface area (Å²) in [4.78, 5) is 31.4. The van der Waals surface area contributed by atoms with Gasteiger partial charge in [0, 0.05) is 0 Å². The molecule has 0 unspecified atom stereocenters. The number of carbonyl (C=O) groups excluding carboxylic acids is 2. The topological polar surface area (TPSA) is 68.2 Å². The number of allylic oxidation sites excluding steroid dienone is 1. The van der Waals surface area contributed by atoms with Gasteiger partial charge in [-0.05, 0) is 38.0 Å². The molecule has 2 aliphatic heterocycles. The van der Waals surface area contributed by atoms with E-state index in [1.165, 1.54) is 18.9 Å². The molecule has 2 heterocycles. The van der Waals surface area contributed by atoms with Crippen molar-refractivity contribution in [2.45, 2.75) is 51.3 Å². The van der Waals surface area contributed by atoms with Gasteiger partial charge in [0.1, 0.15) is 5.75 Å². The molecule has 0 saturated carbocycles. The van der Waals surface area contributed by atoms with Crippen LogP contribution in [0, 0.1) is 0 Å². The number of esters is 1. The Morgan fingerprint density at radius 2 is 1.96 bits per heavy atom. The van der Waals surface area contributed by atoms with E-state index in [4.69, 9.17) is 9.47 Å². The number of unbranched alkanes of at least 4 members (excludes halogenated alkanes) is 2. The Morgan fingerprint density at radius 3 is 2.61 bits per heavy atom. The molecule has 1 fully saturated rings. The summed E-state index contributed by atoms with van der Waals surface area (Å²) in [5.74, 6) is 0.255.